The predicted octanol–water partition coefficient (Wildman–Crippen LogP) is 7.56. The van der Waals surface area contributed by atoms with Gasteiger partial charge in [-0.15, -0.1) is 0 Å². The average Bonchev–Trinajstić information content (AvgIpc) is 3.25. The van der Waals surface area contributed by atoms with E-state index in [1.54, 1.807) is 30.3 Å². The molecule has 0 radical (unpaired) electrons. The quantitative estimate of drug-likeness (QED) is 0.359. The summed E-state index contributed by atoms with van der Waals surface area (Å²) in [6, 6.07) is 16.8. The van der Waals surface area contributed by atoms with Crippen molar-refractivity contribution in [2.45, 2.75) is 52.2 Å². The molecule has 0 fully saturated rings. The van der Waals surface area contributed by atoms with Crippen LogP contribution in [0.25, 0.3) is 0 Å². The summed E-state index contributed by atoms with van der Waals surface area (Å²) in [6.45, 7) is 6.60. The molecular formula is C25H27Cl2NO3. The van der Waals surface area contributed by atoms with Crippen molar-refractivity contribution in [3.05, 3.63) is 87.3 Å². The number of amides is 1. The lowest BCUT2D eigenvalue weighted by Gasteiger charge is -2.18. The molecule has 0 spiro atoms. The van der Waals surface area contributed by atoms with E-state index in [9.17, 15) is 4.79 Å². The molecule has 2 unspecified atom stereocenters. The van der Waals surface area contributed by atoms with Crippen LogP contribution in [0.3, 0.4) is 0 Å². The van der Waals surface area contributed by atoms with Crippen LogP contribution in [0, 0.1) is 0 Å². The first-order chi connectivity index (χ1) is 14.9. The Hall–Kier alpha value is -2.43. The fraction of sp³-hybridized carbons (Fsp3) is 0.320. The van der Waals surface area contributed by atoms with Crippen LogP contribution in [0.2, 0.25) is 10.0 Å². The molecule has 2 aromatic carbocycles. The lowest BCUT2D eigenvalue weighted by Crippen LogP contribution is -2.27. The third-order valence-corrected chi connectivity index (χ3v) is 5.91. The molecule has 0 saturated heterocycles. The molecule has 2 atom stereocenters. The number of rotatable bonds is 9. The number of hydrogen-bond acceptors (Lipinski definition) is 3. The smallest absolute Gasteiger partial charge is 0.287 e. The maximum atomic E-state index is 12.7. The zero-order chi connectivity index (χ0) is 22.4. The van der Waals surface area contributed by atoms with E-state index in [0.717, 1.165) is 18.4 Å². The topological polar surface area (TPSA) is 51.5 Å². The van der Waals surface area contributed by atoms with E-state index >= 15 is 0 Å². The highest BCUT2D eigenvalue weighted by Gasteiger charge is 2.18. The van der Waals surface area contributed by atoms with Crippen LogP contribution in [0.15, 0.2) is 59.0 Å². The average molecular weight is 460 g/mol. The van der Waals surface area contributed by atoms with Gasteiger partial charge in [-0.3, -0.25) is 4.79 Å². The number of ether oxygens (including phenoxy) is 1. The molecule has 0 aliphatic carbocycles. The van der Waals surface area contributed by atoms with E-state index in [-0.39, 0.29) is 24.3 Å². The van der Waals surface area contributed by atoms with Gasteiger partial charge in [0.1, 0.15) is 18.1 Å². The Morgan fingerprint density at radius 1 is 1.00 bits per heavy atom. The van der Waals surface area contributed by atoms with E-state index in [2.05, 4.69) is 43.4 Å². The number of furan rings is 1. The Morgan fingerprint density at radius 2 is 1.71 bits per heavy atom. The van der Waals surface area contributed by atoms with Crippen molar-refractivity contribution in [1.29, 1.82) is 0 Å². The van der Waals surface area contributed by atoms with Crippen molar-refractivity contribution in [3.63, 3.8) is 0 Å². The van der Waals surface area contributed by atoms with Crippen LogP contribution in [-0.2, 0) is 6.61 Å². The highest BCUT2D eigenvalue weighted by atomic mass is 35.5. The lowest BCUT2D eigenvalue weighted by molar-refractivity contribution is 0.0903. The predicted molar refractivity (Wildman–Crippen MR) is 125 cm³/mol. The van der Waals surface area contributed by atoms with Gasteiger partial charge in [0, 0.05) is 5.02 Å². The van der Waals surface area contributed by atoms with Crippen LogP contribution >= 0.6 is 23.2 Å². The fourth-order valence-corrected chi connectivity index (χ4v) is 3.72. The highest BCUT2D eigenvalue weighted by molar-refractivity contribution is 6.35. The molecule has 0 saturated carbocycles. The van der Waals surface area contributed by atoms with Crippen molar-refractivity contribution in [2.75, 3.05) is 0 Å². The normalized spacial score (nSPS) is 12.9. The summed E-state index contributed by atoms with van der Waals surface area (Å²) in [5.41, 5.74) is 2.39. The molecule has 1 heterocycles. The van der Waals surface area contributed by atoms with Crippen molar-refractivity contribution in [1.82, 2.24) is 5.32 Å². The third-order valence-electron chi connectivity index (χ3n) is 5.38. The van der Waals surface area contributed by atoms with E-state index in [1.165, 1.54) is 5.56 Å². The Kier molecular flexibility index (Phi) is 8.05. The number of benzene rings is 2. The second-order valence-corrected chi connectivity index (χ2v) is 8.38. The van der Waals surface area contributed by atoms with Crippen molar-refractivity contribution in [3.8, 4) is 5.75 Å². The van der Waals surface area contributed by atoms with Gasteiger partial charge in [0.05, 0.1) is 11.1 Å². The second-order valence-electron chi connectivity index (χ2n) is 7.54. The molecule has 1 amide bonds. The summed E-state index contributed by atoms with van der Waals surface area (Å²) in [7, 11) is 0. The van der Waals surface area contributed by atoms with E-state index in [1.807, 2.05) is 6.92 Å². The molecule has 3 aromatic rings. The molecule has 31 heavy (non-hydrogen) atoms. The van der Waals surface area contributed by atoms with Gasteiger partial charge in [-0.05, 0) is 60.2 Å². The summed E-state index contributed by atoms with van der Waals surface area (Å²) in [5.74, 6) is 1.54. The first kappa shape index (κ1) is 23.2. The second kappa shape index (κ2) is 10.7. The highest BCUT2D eigenvalue weighted by Crippen LogP contribution is 2.28. The summed E-state index contributed by atoms with van der Waals surface area (Å²) in [5, 5.41) is 4.01. The van der Waals surface area contributed by atoms with Gasteiger partial charge >= 0.3 is 0 Å². The molecule has 0 aliphatic rings. The maximum absolute atomic E-state index is 12.7. The van der Waals surface area contributed by atoms with Gasteiger partial charge in [0.25, 0.3) is 5.91 Å². The zero-order valence-corrected chi connectivity index (χ0v) is 19.5. The van der Waals surface area contributed by atoms with Crippen LogP contribution in [0.1, 0.15) is 73.0 Å². The summed E-state index contributed by atoms with van der Waals surface area (Å²) >= 11 is 12.0. The first-order valence-corrected chi connectivity index (χ1v) is 11.2. The number of hydrogen-bond donors (Lipinski definition) is 1. The number of carbonyl (C=O) groups excluding carboxylic acids is 1. The monoisotopic (exact) mass is 459 g/mol. The van der Waals surface area contributed by atoms with Gasteiger partial charge in [-0.25, -0.2) is 0 Å². The molecule has 3 rings (SSSR count). The maximum Gasteiger partial charge on any atom is 0.287 e. The fourth-order valence-electron chi connectivity index (χ4n) is 3.26. The van der Waals surface area contributed by atoms with Crippen LogP contribution in [0.4, 0.5) is 0 Å². The molecule has 1 N–H and O–H groups in total. The van der Waals surface area contributed by atoms with E-state index < -0.39 is 0 Å². The van der Waals surface area contributed by atoms with Crippen molar-refractivity contribution >= 4 is 29.1 Å². The van der Waals surface area contributed by atoms with Crippen LogP contribution < -0.4 is 10.1 Å². The largest absolute Gasteiger partial charge is 0.484 e. The number of nitrogens with one attached hydrogen (secondary N) is 1. The van der Waals surface area contributed by atoms with E-state index in [4.69, 9.17) is 32.4 Å². The minimum absolute atomic E-state index is 0.0869. The van der Waals surface area contributed by atoms with Gasteiger partial charge < -0.3 is 14.5 Å². The van der Waals surface area contributed by atoms with Gasteiger partial charge in [-0.2, -0.15) is 0 Å². The molecule has 164 valence electrons. The first-order valence-electron chi connectivity index (χ1n) is 10.5. The Morgan fingerprint density at radius 3 is 2.35 bits per heavy atom. The van der Waals surface area contributed by atoms with Crippen LogP contribution in [0.5, 0.6) is 5.75 Å². The Labute approximate surface area is 193 Å². The number of halogens is 2. The van der Waals surface area contributed by atoms with Crippen LogP contribution in [-0.4, -0.2) is 5.91 Å². The molecular weight excluding hydrogens is 433 g/mol. The lowest BCUT2D eigenvalue weighted by atomic mass is 9.95. The molecule has 0 bridgehead atoms. The van der Waals surface area contributed by atoms with Crippen molar-refractivity contribution in [2.24, 2.45) is 0 Å². The van der Waals surface area contributed by atoms with E-state index in [0.29, 0.717) is 27.5 Å². The minimum atomic E-state index is -0.256. The third kappa shape index (κ3) is 6.05. The molecule has 6 heteroatoms. The number of carbonyl (C=O) groups is 1. The molecule has 4 nitrogen and oxygen atoms in total. The summed E-state index contributed by atoms with van der Waals surface area (Å²) < 4.78 is 11.3. The van der Waals surface area contributed by atoms with Gasteiger partial charge in [0.15, 0.2) is 5.76 Å². The van der Waals surface area contributed by atoms with Gasteiger partial charge in [-0.1, -0.05) is 68.2 Å². The SMILES string of the molecule is CCC(C)c1ccc(C(CC)NC(=O)c2ccc(COc3ccc(Cl)cc3Cl)o2)cc1. The Balaban J connectivity index is 1.61. The Bertz CT molecular complexity index is 1010. The molecule has 1 aromatic heterocycles. The van der Waals surface area contributed by atoms with Crippen molar-refractivity contribution < 1.29 is 13.9 Å². The summed E-state index contributed by atoms with van der Waals surface area (Å²) in [4.78, 5) is 12.7. The molecule has 0 aliphatic heterocycles. The minimum Gasteiger partial charge on any atom is -0.484 e. The standard InChI is InChI=1S/C25H27Cl2NO3/c1-4-16(3)17-6-8-18(9-7-17)22(5-2)28-25(29)24-13-11-20(31-24)15-30-23-12-10-19(26)14-21(23)27/h6-14,16,22H,4-5,15H2,1-3H3,(H,28,29). The summed E-state index contributed by atoms with van der Waals surface area (Å²) in [6.07, 6.45) is 1.88. The zero-order valence-electron chi connectivity index (χ0n) is 18.0. The van der Waals surface area contributed by atoms with Gasteiger partial charge in [0.2, 0.25) is 0 Å².